The number of nitrogens with zero attached hydrogens (tertiary/aromatic N) is 1. The third kappa shape index (κ3) is 1.98. The Labute approximate surface area is 74.7 Å². The van der Waals surface area contributed by atoms with E-state index in [2.05, 4.69) is 53.2 Å². The van der Waals surface area contributed by atoms with Crippen molar-refractivity contribution in [2.24, 2.45) is 0 Å². The summed E-state index contributed by atoms with van der Waals surface area (Å²) >= 11 is 4.58. The fourth-order valence-electron chi connectivity index (χ4n) is 0.803. The molecule has 0 bridgehead atoms. The fourth-order valence-corrected chi connectivity index (χ4v) is 2.85. The van der Waals surface area contributed by atoms with Gasteiger partial charge in [-0.1, -0.05) is 22.6 Å². The van der Waals surface area contributed by atoms with Crippen molar-refractivity contribution in [3.63, 3.8) is 0 Å². The van der Waals surface area contributed by atoms with Gasteiger partial charge in [-0.2, -0.15) is 11.8 Å². The number of halogens is 1. The summed E-state index contributed by atoms with van der Waals surface area (Å²) in [4.78, 5) is 2.42. The molecule has 1 fully saturated rings. The Morgan fingerprint density at radius 3 is 2.67 bits per heavy atom. The van der Waals surface area contributed by atoms with E-state index in [4.69, 9.17) is 0 Å². The van der Waals surface area contributed by atoms with Crippen molar-refractivity contribution in [3.05, 3.63) is 0 Å². The summed E-state index contributed by atoms with van der Waals surface area (Å²) < 4.78 is 0.403. The Morgan fingerprint density at radius 1 is 1.67 bits per heavy atom. The molecule has 3 heteroatoms. The van der Waals surface area contributed by atoms with Crippen LogP contribution in [0.1, 0.15) is 6.92 Å². The Kier molecular flexibility index (Phi) is 2.68. The molecule has 0 radical (unpaired) electrons. The molecule has 0 aromatic rings. The minimum absolute atomic E-state index is 0.403. The topological polar surface area (TPSA) is 3.24 Å². The maximum Gasteiger partial charge on any atom is 0.0790 e. The molecule has 1 unspecified atom stereocenters. The smallest absolute Gasteiger partial charge is 0.0790 e. The maximum absolute atomic E-state index is 2.52. The molecule has 0 amide bonds. The average molecular weight is 257 g/mol. The molecule has 1 atom stereocenters. The van der Waals surface area contributed by atoms with Gasteiger partial charge in [0.15, 0.2) is 0 Å². The van der Waals surface area contributed by atoms with Gasteiger partial charge < -0.3 is 0 Å². The zero-order valence-corrected chi connectivity index (χ0v) is 8.83. The van der Waals surface area contributed by atoms with Crippen molar-refractivity contribution in [1.29, 1.82) is 0 Å². The molecule has 0 aliphatic carbocycles. The summed E-state index contributed by atoms with van der Waals surface area (Å²) in [5, 5.41) is 0. The molecule has 9 heavy (non-hydrogen) atoms. The summed E-state index contributed by atoms with van der Waals surface area (Å²) in [5.74, 6) is 2.57. The van der Waals surface area contributed by atoms with Crippen LogP contribution in [-0.4, -0.2) is 33.5 Å². The zero-order chi connectivity index (χ0) is 6.91. The molecule has 1 nitrogen and oxygen atoms in total. The van der Waals surface area contributed by atoms with Crippen molar-refractivity contribution in [2.45, 2.75) is 10.5 Å². The molecule has 0 N–H and O–H groups in total. The van der Waals surface area contributed by atoms with Gasteiger partial charge in [0.25, 0.3) is 0 Å². The van der Waals surface area contributed by atoms with Gasteiger partial charge in [-0.25, -0.2) is 0 Å². The molecule has 1 rings (SSSR count). The Hall–Kier alpha value is 1.04. The van der Waals surface area contributed by atoms with Gasteiger partial charge in [0.05, 0.1) is 3.55 Å². The lowest BCUT2D eigenvalue weighted by Gasteiger charge is -2.37. The van der Waals surface area contributed by atoms with E-state index < -0.39 is 0 Å². The molecule has 0 aromatic heterocycles. The highest BCUT2D eigenvalue weighted by Crippen LogP contribution is 2.30. The molecule has 0 aromatic carbocycles. The predicted octanol–water partition coefficient (Wildman–Crippen LogP) is 1.82. The first kappa shape index (κ1) is 8.14. The van der Waals surface area contributed by atoms with Gasteiger partial charge in [0.1, 0.15) is 0 Å². The third-order valence-corrected chi connectivity index (χ3v) is 4.69. The van der Waals surface area contributed by atoms with Gasteiger partial charge in [0.2, 0.25) is 0 Å². The van der Waals surface area contributed by atoms with Crippen molar-refractivity contribution in [2.75, 3.05) is 25.1 Å². The Balaban J connectivity index is 2.49. The van der Waals surface area contributed by atoms with Crippen LogP contribution >= 0.6 is 34.4 Å². The first-order chi connectivity index (χ1) is 4.13. The minimum atomic E-state index is 0.403. The number of thioether (sulfide) groups is 1. The molecular formula is C6H12INS. The lowest BCUT2D eigenvalue weighted by molar-refractivity contribution is 0.272. The second-order valence-electron chi connectivity index (χ2n) is 2.62. The summed E-state index contributed by atoms with van der Waals surface area (Å²) in [6, 6.07) is 0. The average Bonchev–Trinajstić information content (AvgIpc) is 1.77. The van der Waals surface area contributed by atoms with Crippen LogP contribution in [0.4, 0.5) is 0 Å². The van der Waals surface area contributed by atoms with Crippen LogP contribution in [0.3, 0.4) is 0 Å². The van der Waals surface area contributed by atoms with Gasteiger partial charge >= 0.3 is 0 Å². The van der Waals surface area contributed by atoms with E-state index in [0.29, 0.717) is 3.55 Å². The Bertz CT molecular complexity index is 105. The summed E-state index contributed by atoms with van der Waals surface area (Å²) in [7, 11) is 2.20. The first-order valence-corrected chi connectivity index (χ1v) is 5.34. The number of rotatable bonds is 0. The van der Waals surface area contributed by atoms with Crippen LogP contribution in [-0.2, 0) is 0 Å². The monoisotopic (exact) mass is 257 g/mol. The summed E-state index contributed by atoms with van der Waals surface area (Å²) in [6.45, 7) is 3.53. The van der Waals surface area contributed by atoms with Crippen molar-refractivity contribution < 1.29 is 0 Å². The van der Waals surface area contributed by atoms with Gasteiger partial charge in [0, 0.05) is 18.1 Å². The highest BCUT2D eigenvalue weighted by Gasteiger charge is 2.28. The van der Waals surface area contributed by atoms with Crippen LogP contribution < -0.4 is 0 Å². The first-order valence-electron chi connectivity index (χ1n) is 3.11. The molecule has 54 valence electrons. The maximum atomic E-state index is 2.52. The molecule has 1 aliphatic heterocycles. The van der Waals surface area contributed by atoms with Crippen LogP contribution in [0.15, 0.2) is 0 Å². The number of hydrogen-bond donors (Lipinski definition) is 0. The highest BCUT2D eigenvalue weighted by atomic mass is 127. The fraction of sp³-hybridized carbons (Fsp3) is 1.00. The van der Waals surface area contributed by atoms with Crippen molar-refractivity contribution in [1.82, 2.24) is 4.90 Å². The van der Waals surface area contributed by atoms with Crippen LogP contribution in [0.5, 0.6) is 0 Å². The van der Waals surface area contributed by atoms with Crippen LogP contribution in [0.2, 0.25) is 0 Å². The van der Waals surface area contributed by atoms with E-state index in [1.54, 1.807) is 0 Å². The van der Waals surface area contributed by atoms with E-state index in [9.17, 15) is 0 Å². The molecular weight excluding hydrogens is 245 g/mol. The Morgan fingerprint density at radius 2 is 2.33 bits per heavy atom. The molecule has 0 saturated carbocycles. The number of alkyl halides is 1. The molecule has 1 heterocycles. The number of hydrogen-bond acceptors (Lipinski definition) is 2. The van der Waals surface area contributed by atoms with E-state index in [1.165, 1.54) is 18.1 Å². The van der Waals surface area contributed by atoms with Gasteiger partial charge in [-0.3, -0.25) is 4.90 Å². The van der Waals surface area contributed by atoms with Crippen LogP contribution in [0.25, 0.3) is 0 Å². The standard InChI is InChI=1S/C6H12INS/c1-6(7)5-9-4-3-8(6)2/h3-5H2,1-2H3. The van der Waals surface area contributed by atoms with Gasteiger partial charge in [-0.05, 0) is 14.0 Å². The highest BCUT2D eigenvalue weighted by molar-refractivity contribution is 14.1. The largest absolute Gasteiger partial charge is 0.291 e. The minimum Gasteiger partial charge on any atom is -0.291 e. The second-order valence-corrected chi connectivity index (χ2v) is 6.05. The zero-order valence-electron chi connectivity index (χ0n) is 5.85. The van der Waals surface area contributed by atoms with E-state index in [-0.39, 0.29) is 0 Å². The van der Waals surface area contributed by atoms with Crippen molar-refractivity contribution >= 4 is 34.4 Å². The normalized spacial score (nSPS) is 39.0. The van der Waals surface area contributed by atoms with E-state index >= 15 is 0 Å². The van der Waals surface area contributed by atoms with E-state index in [1.807, 2.05) is 0 Å². The third-order valence-electron chi connectivity index (χ3n) is 1.73. The van der Waals surface area contributed by atoms with Gasteiger partial charge in [-0.15, -0.1) is 0 Å². The van der Waals surface area contributed by atoms with Crippen molar-refractivity contribution in [3.8, 4) is 0 Å². The molecule has 1 saturated heterocycles. The van der Waals surface area contributed by atoms with E-state index in [0.717, 1.165) is 0 Å². The second kappa shape index (κ2) is 2.96. The van der Waals surface area contributed by atoms with Crippen LogP contribution in [0, 0.1) is 0 Å². The lowest BCUT2D eigenvalue weighted by Crippen LogP contribution is -2.44. The molecule has 1 aliphatic rings. The summed E-state index contributed by atoms with van der Waals surface area (Å²) in [5.41, 5.74) is 0. The SMILES string of the molecule is CN1CCSCC1(C)I. The lowest BCUT2D eigenvalue weighted by atomic mass is 10.3. The predicted molar refractivity (Wildman–Crippen MR) is 52.4 cm³/mol. The quantitative estimate of drug-likeness (QED) is 0.370. The molecule has 0 spiro atoms. The summed E-state index contributed by atoms with van der Waals surface area (Å²) in [6.07, 6.45) is 0.